The van der Waals surface area contributed by atoms with Gasteiger partial charge in [0, 0.05) is 10.0 Å². The number of fused-ring (bicyclic) bond motifs is 1. The molecule has 1 N–H and O–H groups in total. The summed E-state index contributed by atoms with van der Waals surface area (Å²) in [5.41, 5.74) is 3.64. The number of hydrogen-bond donors (Lipinski definition) is 1. The highest BCUT2D eigenvalue weighted by atomic mass is 79.9. The van der Waals surface area contributed by atoms with Gasteiger partial charge in [-0.2, -0.15) is 0 Å². The normalized spacial score (nSPS) is 11.0. The number of carboxylic acid groups (broad SMARTS) is 1. The number of hydrogen-bond acceptors (Lipinski definition) is 2. The number of nitrogens with zero attached hydrogens (tertiary/aromatic N) is 2. The first-order valence-corrected chi connectivity index (χ1v) is 7.29. The molecule has 2 aromatic carbocycles. The second-order valence-corrected chi connectivity index (χ2v) is 5.72. The Kier molecular flexibility index (Phi) is 3.51. The molecule has 0 amide bonds. The highest BCUT2D eigenvalue weighted by Gasteiger charge is 2.15. The topological polar surface area (TPSA) is 55.1 Å². The molecule has 0 aliphatic heterocycles. The van der Waals surface area contributed by atoms with Crippen molar-refractivity contribution in [3.63, 3.8) is 0 Å². The van der Waals surface area contributed by atoms with Crippen LogP contribution < -0.4 is 0 Å². The minimum absolute atomic E-state index is 0.110. The van der Waals surface area contributed by atoms with Gasteiger partial charge in [-0.25, -0.2) is 4.98 Å². The van der Waals surface area contributed by atoms with Gasteiger partial charge in [-0.3, -0.25) is 4.79 Å². The summed E-state index contributed by atoms with van der Waals surface area (Å²) in [7, 11) is 0. The van der Waals surface area contributed by atoms with Gasteiger partial charge in [-0.05, 0) is 30.7 Å². The van der Waals surface area contributed by atoms with Crippen molar-refractivity contribution < 1.29 is 9.90 Å². The maximum Gasteiger partial charge on any atom is 0.323 e. The lowest BCUT2D eigenvalue weighted by atomic mass is 10.1. The second kappa shape index (κ2) is 5.33. The van der Waals surface area contributed by atoms with Gasteiger partial charge in [0.05, 0.1) is 11.0 Å². The molecule has 0 aliphatic rings. The average molecular weight is 345 g/mol. The maximum atomic E-state index is 11.2. The molecule has 0 bridgehead atoms. The third-order valence-corrected chi connectivity index (χ3v) is 4.23. The third kappa shape index (κ3) is 2.56. The zero-order valence-corrected chi connectivity index (χ0v) is 13.0. The van der Waals surface area contributed by atoms with E-state index in [0.717, 1.165) is 26.6 Å². The summed E-state index contributed by atoms with van der Waals surface area (Å²) in [6, 6.07) is 13.5. The van der Waals surface area contributed by atoms with Crippen LogP contribution in [-0.4, -0.2) is 20.6 Å². The molecule has 1 heterocycles. The summed E-state index contributed by atoms with van der Waals surface area (Å²) in [5, 5.41) is 9.16. The smallest absolute Gasteiger partial charge is 0.323 e. The van der Waals surface area contributed by atoms with Gasteiger partial charge in [0.2, 0.25) is 0 Å². The SMILES string of the molecule is Cc1ccc(-c2nc3ccccc3n2CC(=O)O)cc1Br. The molecule has 21 heavy (non-hydrogen) atoms. The number of imidazole rings is 1. The molecule has 0 unspecified atom stereocenters. The molecule has 3 rings (SSSR count). The number of carboxylic acids is 1. The molecule has 0 fully saturated rings. The number of rotatable bonds is 3. The lowest BCUT2D eigenvalue weighted by Crippen LogP contribution is -2.10. The molecule has 0 radical (unpaired) electrons. The molecule has 0 spiro atoms. The zero-order valence-electron chi connectivity index (χ0n) is 11.4. The summed E-state index contributed by atoms with van der Waals surface area (Å²) in [6.07, 6.45) is 0. The van der Waals surface area contributed by atoms with Crippen LogP contribution in [0, 0.1) is 6.92 Å². The van der Waals surface area contributed by atoms with Crippen molar-refractivity contribution in [2.45, 2.75) is 13.5 Å². The molecule has 0 saturated heterocycles. The van der Waals surface area contributed by atoms with Crippen LogP contribution in [0.4, 0.5) is 0 Å². The van der Waals surface area contributed by atoms with Crippen LogP contribution in [0.2, 0.25) is 0 Å². The number of aromatic nitrogens is 2. The Hall–Kier alpha value is -2.14. The third-order valence-electron chi connectivity index (χ3n) is 3.38. The Labute approximate surface area is 130 Å². The van der Waals surface area contributed by atoms with Crippen molar-refractivity contribution in [1.82, 2.24) is 9.55 Å². The molecule has 5 heteroatoms. The van der Waals surface area contributed by atoms with E-state index >= 15 is 0 Å². The minimum atomic E-state index is -0.884. The van der Waals surface area contributed by atoms with Gasteiger partial charge in [0.1, 0.15) is 12.4 Å². The lowest BCUT2D eigenvalue weighted by molar-refractivity contribution is -0.137. The first-order chi connectivity index (χ1) is 10.1. The predicted octanol–water partition coefficient (Wildman–Crippen LogP) is 3.86. The van der Waals surface area contributed by atoms with Gasteiger partial charge in [-0.15, -0.1) is 0 Å². The van der Waals surface area contributed by atoms with Gasteiger partial charge in [0.25, 0.3) is 0 Å². The van der Waals surface area contributed by atoms with E-state index < -0.39 is 5.97 Å². The quantitative estimate of drug-likeness (QED) is 0.784. The molecule has 3 aromatic rings. The number of carbonyl (C=O) groups is 1. The number of halogens is 1. The lowest BCUT2D eigenvalue weighted by Gasteiger charge is -2.08. The van der Waals surface area contributed by atoms with Gasteiger partial charge >= 0.3 is 5.97 Å². The molecular weight excluding hydrogens is 332 g/mol. The Morgan fingerprint density at radius 3 is 2.76 bits per heavy atom. The van der Waals surface area contributed by atoms with Gasteiger partial charge in [-0.1, -0.05) is 40.2 Å². The summed E-state index contributed by atoms with van der Waals surface area (Å²) in [6.45, 7) is 1.90. The van der Waals surface area contributed by atoms with E-state index in [4.69, 9.17) is 5.11 Å². The summed E-state index contributed by atoms with van der Waals surface area (Å²) in [5.74, 6) is -0.218. The minimum Gasteiger partial charge on any atom is -0.480 e. The van der Waals surface area contributed by atoms with Crippen molar-refractivity contribution in [3.05, 3.63) is 52.5 Å². The van der Waals surface area contributed by atoms with Crippen LogP contribution >= 0.6 is 15.9 Å². The Balaban J connectivity index is 2.25. The van der Waals surface area contributed by atoms with Gasteiger partial charge < -0.3 is 9.67 Å². The largest absolute Gasteiger partial charge is 0.480 e. The molecule has 0 atom stereocenters. The van der Waals surface area contributed by atoms with E-state index in [2.05, 4.69) is 20.9 Å². The van der Waals surface area contributed by atoms with E-state index in [1.807, 2.05) is 49.4 Å². The molecular formula is C16H13BrN2O2. The van der Waals surface area contributed by atoms with Crippen LogP contribution in [0.1, 0.15) is 5.56 Å². The number of aliphatic carboxylic acids is 1. The van der Waals surface area contributed by atoms with E-state index in [-0.39, 0.29) is 6.54 Å². The molecule has 106 valence electrons. The van der Waals surface area contributed by atoms with Crippen molar-refractivity contribution >= 4 is 32.9 Å². The second-order valence-electron chi connectivity index (χ2n) is 4.87. The molecule has 0 saturated carbocycles. The maximum absolute atomic E-state index is 11.2. The standard InChI is InChI=1S/C16H13BrN2O2/c1-10-6-7-11(8-12(10)17)16-18-13-4-2-3-5-14(13)19(16)9-15(20)21/h2-8H,9H2,1H3,(H,20,21). The fourth-order valence-electron chi connectivity index (χ4n) is 2.32. The zero-order chi connectivity index (χ0) is 15.0. The van der Waals surface area contributed by atoms with Crippen molar-refractivity contribution in [2.24, 2.45) is 0 Å². The molecule has 0 aliphatic carbocycles. The number of para-hydroxylation sites is 2. The number of benzene rings is 2. The molecule has 1 aromatic heterocycles. The highest BCUT2D eigenvalue weighted by molar-refractivity contribution is 9.10. The summed E-state index contributed by atoms with van der Waals surface area (Å²) >= 11 is 3.51. The Morgan fingerprint density at radius 2 is 2.05 bits per heavy atom. The van der Waals surface area contributed by atoms with E-state index in [0.29, 0.717) is 5.82 Å². The monoisotopic (exact) mass is 344 g/mol. The molecule has 4 nitrogen and oxygen atoms in total. The summed E-state index contributed by atoms with van der Waals surface area (Å²) < 4.78 is 2.71. The fourth-order valence-corrected chi connectivity index (χ4v) is 2.70. The van der Waals surface area contributed by atoms with Crippen LogP contribution in [0.25, 0.3) is 22.4 Å². The Morgan fingerprint density at radius 1 is 1.29 bits per heavy atom. The van der Waals surface area contributed by atoms with Crippen LogP contribution in [0.5, 0.6) is 0 Å². The first-order valence-electron chi connectivity index (χ1n) is 6.50. The van der Waals surface area contributed by atoms with E-state index in [1.165, 1.54) is 0 Å². The average Bonchev–Trinajstić information content (AvgIpc) is 2.80. The Bertz CT molecular complexity index is 839. The van der Waals surface area contributed by atoms with Crippen molar-refractivity contribution in [3.8, 4) is 11.4 Å². The number of aryl methyl sites for hydroxylation is 1. The first kappa shape index (κ1) is 13.8. The van der Waals surface area contributed by atoms with Crippen LogP contribution in [-0.2, 0) is 11.3 Å². The summed E-state index contributed by atoms with van der Waals surface area (Å²) in [4.78, 5) is 15.7. The van der Waals surface area contributed by atoms with Crippen LogP contribution in [0.15, 0.2) is 46.9 Å². The van der Waals surface area contributed by atoms with Crippen molar-refractivity contribution in [2.75, 3.05) is 0 Å². The highest BCUT2D eigenvalue weighted by Crippen LogP contribution is 2.28. The predicted molar refractivity (Wildman–Crippen MR) is 85.2 cm³/mol. The van der Waals surface area contributed by atoms with E-state index in [9.17, 15) is 4.79 Å². The van der Waals surface area contributed by atoms with Crippen LogP contribution in [0.3, 0.4) is 0 Å². The van der Waals surface area contributed by atoms with Gasteiger partial charge in [0.15, 0.2) is 0 Å². The fraction of sp³-hybridized carbons (Fsp3) is 0.125. The van der Waals surface area contributed by atoms with E-state index in [1.54, 1.807) is 4.57 Å². The van der Waals surface area contributed by atoms with Crippen molar-refractivity contribution in [1.29, 1.82) is 0 Å².